The van der Waals surface area contributed by atoms with Gasteiger partial charge in [0.05, 0.1) is 10.6 Å². The van der Waals surface area contributed by atoms with Gasteiger partial charge in [-0.25, -0.2) is 4.79 Å². The van der Waals surface area contributed by atoms with Crippen LogP contribution >= 0.6 is 11.3 Å². The third-order valence-corrected chi connectivity index (χ3v) is 2.23. The molecule has 0 atom stereocenters. The molecule has 0 fully saturated rings. The molecule has 1 heterocycles. The van der Waals surface area contributed by atoms with E-state index < -0.39 is 6.09 Å². The normalized spacial score (nSPS) is 9.42. The number of carbonyl (C=O) groups excluding carboxylic acids is 1. The van der Waals surface area contributed by atoms with Gasteiger partial charge < -0.3 is 5.11 Å². The molecule has 1 aromatic rings. The number of nitrogens with one attached hydrogen (secondary N) is 1. The summed E-state index contributed by atoms with van der Waals surface area (Å²) >= 11 is 1.22. The fraction of sp³-hybridized carbons (Fsp3) is 0.143. The van der Waals surface area contributed by atoms with E-state index >= 15 is 0 Å². The van der Waals surface area contributed by atoms with Crippen LogP contribution in [-0.4, -0.2) is 17.0 Å². The third-order valence-electron chi connectivity index (χ3n) is 1.20. The van der Waals surface area contributed by atoms with Crippen LogP contribution in [0.2, 0.25) is 0 Å². The molecule has 0 saturated carbocycles. The summed E-state index contributed by atoms with van der Waals surface area (Å²) in [5.74, 6) is -0.0570. The number of carbonyl (C=O) groups is 2. The molecule has 0 aliphatic rings. The summed E-state index contributed by atoms with van der Waals surface area (Å²) in [6.07, 6.45) is -1.12. The van der Waals surface area contributed by atoms with Gasteiger partial charge in [-0.05, 0) is 13.0 Å². The van der Waals surface area contributed by atoms with Gasteiger partial charge >= 0.3 is 6.09 Å². The Kier molecular flexibility index (Phi) is 2.44. The van der Waals surface area contributed by atoms with Crippen LogP contribution in [0.3, 0.4) is 0 Å². The maximum absolute atomic E-state index is 10.8. The first-order chi connectivity index (χ1) is 5.59. The molecule has 64 valence electrons. The minimum atomic E-state index is -1.12. The molecule has 0 aliphatic carbocycles. The predicted octanol–water partition coefficient (Wildman–Crippen LogP) is 2.04. The fourth-order valence-electron chi connectivity index (χ4n) is 0.710. The fourth-order valence-corrected chi connectivity index (χ4v) is 1.45. The van der Waals surface area contributed by atoms with Crippen molar-refractivity contribution in [3.63, 3.8) is 0 Å². The van der Waals surface area contributed by atoms with Crippen molar-refractivity contribution in [1.82, 2.24) is 0 Å². The van der Waals surface area contributed by atoms with Crippen LogP contribution in [0.25, 0.3) is 0 Å². The number of hydrogen-bond donors (Lipinski definition) is 2. The van der Waals surface area contributed by atoms with Crippen LogP contribution < -0.4 is 5.32 Å². The second-order valence-electron chi connectivity index (χ2n) is 2.19. The molecule has 1 rings (SSSR count). The average Bonchev–Trinajstić information content (AvgIpc) is 2.34. The van der Waals surface area contributed by atoms with Crippen molar-refractivity contribution >= 4 is 28.9 Å². The maximum atomic E-state index is 10.8. The Labute approximate surface area is 72.8 Å². The summed E-state index contributed by atoms with van der Waals surface area (Å²) in [7, 11) is 0. The van der Waals surface area contributed by atoms with Crippen molar-refractivity contribution in [1.29, 1.82) is 0 Å². The molecule has 0 spiro atoms. The highest BCUT2D eigenvalue weighted by molar-refractivity contribution is 7.12. The number of rotatable bonds is 2. The topological polar surface area (TPSA) is 66.4 Å². The summed E-state index contributed by atoms with van der Waals surface area (Å²) < 4.78 is 0. The Bertz CT molecular complexity index is 318. The van der Waals surface area contributed by atoms with Gasteiger partial charge in [-0.3, -0.25) is 10.1 Å². The molecule has 0 aliphatic heterocycles. The molecule has 0 bridgehead atoms. The smallest absolute Gasteiger partial charge is 0.409 e. The molecule has 0 aromatic carbocycles. The van der Waals surface area contributed by atoms with E-state index in [4.69, 9.17) is 5.11 Å². The quantitative estimate of drug-likeness (QED) is 0.693. The van der Waals surface area contributed by atoms with E-state index in [0.29, 0.717) is 10.6 Å². The van der Waals surface area contributed by atoms with Gasteiger partial charge in [0.2, 0.25) is 0 Å². The van der Waals surface area contributed by atoms with E-state index in [-0.39, 0.29) is 5.78 Å². The lowest BCUT2D eigenvalue weighted by molar-refractivity contribution is 0.102. The van der Waals surface area contributed by atoms with Gasteiger partial charge in [0.15, 0.2) is 5.78 Å². The zero-order valence-corrected chi connectivity index (χ0v) is 7.14. The van der Waals surface area contributed by atoms with E-state index in [1.165, 1.54) is 24.3 Å². The predicted molar refractivity (Wildman–Crippen MR) is 46.0 cm³/mol. The van der Waals surface area contributed by atoms with Gasteiger partial charge in [0.1, 0.15) is 0 Å². The second-order valence-corrected chi connectivity index (χ2v) is 3.10. The lowest BCUT2D eigenvalue weighted by atomic mass is 10.3. The van der Waals surface area contributed by atoms with E-state index in [0.717, 1.165) is 0 Å². The van der Waals surface area contributed by atoms with E-state index in [2.05, 4.69) is 5.32 Å². The number of carboxylic acid groups (broad SMARTS) is 1. The number of hydrogen-bond acceptors (Lipinski definition) is 3. The molecule has 12 heavy (non-hydrogen) atoms. The minimum Gasteiger partial charge on any atom is -0.465 e. The SMILES string of the molecule is CC(=O)c1cc(NC(=O)O)cs1. The largest absolute Gasteiger partial charge is 0.465 e. The van der Waals surface area contributed by atoms with Crippen LogP contribution in [0.5, 0.6) is 0 Å². The Balaban J connectivity index is 2.77. The molecule has 1 amide bonds. The summed E-state index contributed by atoms with van der Waals surface area (Å²) in [4.78, 5) is 21.5. The number of Topliss-reactive ketones (excluding diaryl/α,β-unsaturated/α-hetero) is 1. The van der Waals surface area contributed by atoms with Gasteiger partial charge in [-0.1, -0.05) is 0 Å². The number of ketones is 1. The van der Waals surface area contributed by atoms with Gasteiger partial charge in [0.25, 0.3) is 0 Å². The van der Waals surface area contributed by atoms with Crippen molar-refractivity contribution in [3.8, 4) is 0 Å². The first-order valence-electron chi connectivity index (χ1n) is 3.19. The highest BCUT2D eigenvalue weighted by Crippen LogP contribution is 2.19. The first kappa shape index (κ1) is 8.73. The van der Waals surface area contributed by atoms with Crippen molar-refractivity contribution in [2.24, 2.45) is 0 Å². The van der Waals surface area contributed by atoms with E-state index in [1.807, 2.05) is 0 Å². The highest BCUT2D eigenvalue weighted by atomic mass is 32.1. The zero-order chi connectivity index (χ0) is 9.14. The first-order valence-corrected chi connectivity index (χ1v) is 4.07. The van der Waals surface area contributed by atoms with Crippen molar-refractivity contribution < 1.29 is 14.7 Å². The zero-order valence-electron chi connectivity index (χ0n) is 6.33. The van der Waals surface area contributed by atoms with Crippen LogP contribution in [0.1, 0.15) is 16.6 Å². The van der Waals surface area contributed by atoms with Gasteiger partial charge in [0, 0.05) is 5.38 Å². The number of amides is 1. The molecule has 2 N–H and O–H groups in total. The Morgan fingerprint density at radius 3 is 2.67 bits per heavy atom. The molecule has 0 unspecified atom stereocenters. The van der Waals surface area contributed by atoms with Crippen molar-refractivity contribution in [2.45, 2.75) is 6.92 Å². The lowest BCUT2D eigenvalue weighted by Crippen LogP contribution is -2.05. The summed E-state index contributed by atoms with van der Waals surface area (Å²) in [6.45, 7) is 1.44. The molecule has 5 heteroatoms. The number of anilines is 1. The molecule has 0 radical (unpaired) electrons. The Morgan fingerprint density at radius 1 is 1.58 bits per heavy atom. The lowest BCUT2D eigenvalue weighted by Gasteiger charge is -1.92. The molecular weight excluding hydrogens is 178 g/mol. The Morgan fingerprint density at radius 2 is 2.25 bits per heavy atom. The van der Waals surface area contributed by atoms with E-state index in [1.54, 1.807) is 5.38 Å². The van der Waals surface area contributed by atoms with Crippen molar-refractivity contribution in [2.75, 3.05) is 5.32 Å². The number of thiophene rings is 1. The summed E-state index contributed by atoms with van der Waals surface area (Å²) in [6, 6.07) is 1.52. The molecule has 0 saturated heterocycles. The summed E-state index contributed by atoms with van der Waals surface area (Å²) in [5.41, 5.74) is 0.442. The third kappa shape index (κ3) is 2.06. The minimum absolute atomic E-state index is 0.0570. The second kappa shape index (κ2) is 3.36. The molecule has 4 nitrogen and oxygen atoms in total. The van der Waals surface area contributed by atoms with Crippen LogP contribution in [0, 0.1) is 0 Å². The molecule has 1 aromatic heterocycles. The van der Waals surface area contributed by atoms with Crippen LogP contribution in [-0.2, 0) is 0 Å². The van der Waals surface area contributed by atoms with Gasteiger partial charge in [-0.15, -0.1) is 11.3 Å². The standard InChI is InChI=1S/C7H7NO3S/c1-4(9)6-2-5(3-12-6)8-7(10)11/h2-3,8H,1H3,(H,10,11). The van der Waals surface area contributed by atoms with Crippen molar-refractivity contribution in [3.05, 3.63) is 16.3 Å². The van der Waals surface area contributed by atoms with Crippen LogP contribution in [0.15, 0.2) is 11.4 Å². The monoisotopic (exact) mass is 185 g/mol. The molecular formula is C7H7NO3S. The van der Waals surface area contributed by atoms with E-state index in [9.17, 15) is 9.59 Å². The average molecular weight is 185 g/mol. The maximum Gasteiger partial charge on any atom is 0.409 e. The van der Waals surface area contributed by atoms with Gasteiger partial charge in [-0.2, -0.15) is 0 Å². The highest BCUT2D eigenvalue weighted by Gasteiger charge is 2.05. The van der Waals surface area contributed by atoms with Crippen LogP contribution in [0.4, 0.5) is 10.5 Å². The Hall–Kier alpha value is -1.36. The summed E-state index contributed by atoms with van der Waals surface area (Å²) in [5, 5.41) is 12.1.